The number of ether oxygens (including phenoxy) is 1. The minimum absolute atomic E-state index is 0.0133. The second-order valence-electron chi connectivity index (χ2n) is 7.30. The van der Waals surface area contributed by atoms with Crippen LogP contribution in [0.5, 0.6) is 5.75 Å². The van der Waals surface area contributed by atoms with Crippen LogP contribution in [0.2, 0.25) is 5.02 Å². The first-order valence-electron chi connectivity index (χ1n) is 9.59. The van der Waals surface area contributed by atoms with Crippen LogP contribution in [0.3, 0.4) is 0 Å². The lowest BCUT2D eigenvalue weighted by Crippen LogP contribution is -2.29. The number of carbonyl (C=O) groups is 2. The fourth-order valence-corrected chi connectivity index (χ4v) is 5.23. The van der Waals surface area contributed by atoms with Crippen LogP contribution in [0, 0.1) is 13.8 Å². The standard InChI is InChI=1S/C24H20ClNO4S/c1-13-11-16(22(30-3)17(25)12-13)20(27)18-19(23-14(2)9-10-31-23)26(24(29)21(18)28)15-7-5-4-6-8-15/h4-12,19,27H,1-3H3/b20-18+. The third-order valence-electron chi connectivity index (χ3n) is 5.28. The molecule has 2 aromatic carbocycles. The highest BCUT2D eigenvalue weighted by Crippen LogP contribution is 2.46. The van der Waals surface area contributed by atoms with E-state index in [1.807, 2.05) is 31.4 Å². The predicted molar refractivity (Wildman–Crippen MR) is 123 cm³/mol. The van der Waals surface area contributed by atoms with E-state index in [-0.39, 0.29) is 22.6 Å². The van der Waals surface area contributed by atoms with Crippen molar-refractivity contribution in [2.75, 3.05) is 12.0 Å². The van der Waals surface area contributed by atoms with Gasteiger partial charge in [0.25, 0.3) is 11.7 Å². The largest absolute Gasteiger partial charge is 0.507 e. The molecule has 0 spiro atoms. The normalized spacial score (nSPS) is 17.9. The van der Waals surface area contributed by atoms with Crippen LogP contribution in [0.25, 0.3) is 5.76 Å². The Morgan fingerprint density at radius 1 is 1.13 bits per heavy atom. The fraction of sp³-hybridized carbons (Fsp3) is 0.167. The molecule has 1 fully saturated rings. The molecule has 0 saturated carbocycles. The average Bonchev–Trinajstić information content (AvgIpc) is 3.28. The van der Waals surface area contributed by atoms with Crippen molar-refractivity contribution >= 4 is 46.1 Å². The van der Waals surface area contributed by atoms with Gasteiger partial charge in [-0.2, -0.15) is 0 Å². The number of para-hydroxylation sites is 1. The number of halogens is 1. The molecule has 1 aromatic heterocycles. The van der Waals surface area contributed by atoms with Gasteiger partial charge in [0.1, 0.15) is 17.6 Å². The van der Waals surface area contributed by atoms with Crippen molar-refractivity contribution in [2.24, 2.45) is 0 Å². The molecular formula is C24H20ClNO4S. The van der Waals surface area contributed by atoms with Crippen molar-refractivity contribution in [3.05, 3.63) is 86.1 Å². The number of anilines is 1. The molecule has 5 nitrogen and oxygen atoms in total. The number of benzene rings is 2. The third kappa shape index (κ3) is 3.52. The van der Waals surface area contributed by atoms with Crippen LogP contribution < -0.4 is 9.64 Å². The van der Waals surface area contributed by atoms with E-state index in [0.29, 0.717) is 10.7 Å². The molecule has 1 saturated heterocycles. The van der Waals surface area contributed by atoms with Gasteiger partial charge in [0.2, 0.25) is 0 Å². The summed E-state index contributed by atoms with van der Waals surface area (Å²) in [6, 6.07) is 13.5. The summed E-state index contributed by atoms with van der Waals surface area (Å²) in [6.45, 7) is 3.74. The molecule has 7 heteroatoms. The zero-order valence-electron chi connectivity index (χ0n) is 17.2. The molecule has 3 aromatic rings. The molecule has 1 amide bonds. The lowest BCUT2D eigenvalue weighted by atomic mass is 9.97. The first kappa shape index (κ1) is 21.2. The van der Waals surface area contributed by atoms with Gasteiger partial charge in [0.05, 0.1) is 23.3 Å². The van der Waals surface area contributed by atoms with Crippen LogP contribution in [0.1, 0.15) is 27.6 Å². The highest BCUT2D eigenvalue weighted by Gasteiger charge is 2.48. The fourth-order valence-electron chi connectivity index (χ4n) is 3.86. The predicted octanol–water partition coefficient (Wildman–Crippen LogP) is 5.65. The van der Waals surface area contributed by atoms with Gasteiger partial charge >= 0.3 is 0 Å². The van der Waals surface area contributed by atoms with E-state index in [1.165, 1.54) is 23.3 Å². The zero-order valence-corrected chi connectivity index (χ0v) is 18.8. The quantitative estimate of drug-likeness (QED) is 0.315. The van der Waals surface area contributed by atoms with Gasteiger partial charge in [-0.05, 0) is 60.7 Å². The third-order valence-corrected chi connectivity index (χ3v) is 6.63. The molecule has 1 atom stereocenters. The van der Waals surface area contributed by atoms with E-state index in [2.05, 4.69) is 0 Å². The first-order valence-corrected chi connectivity index (χ1v) is 10.9. The monoisotopic (exact) mass is 453 g/mol. The molecule has 1 aliphatic heterocycles. The molecule has 1 unspecified atom stereocenters. The Labute approximate surface area is 189 Å². The molecule has 1 N–H and O–H groups in total. The SMILES string of the molecule is COc1c(Cl)cc(C)cc1/C(O)=C1\C(=O)C(=O)N(c2ccccc2)C1c1sccc1C. The van der Waals surface area contributed by atoms with Crippen LogP contribution in [0.15, 0.2) is 59.5 Å². The Morgan fingerprint density at radius 2 is 1.84 bits per heavy atom. The van der Waals surface area contributed by atoms with E-state index in [9.17, 15) is 14.7 Å². The molecule has 4 rings (SSSR count). The van der Waals surface area contributed by atoms with Crippen molar-refractivity contribution in [1.82, 2.24) is 0 Å². The van der Waals surface area contributed by atoms with Crippen LogP contribution in [-0.4, -0.2) is 23.9 Å². The summed E-state index contributed by atoms with van der Waals surface area (Å²) in [7, 11) is 1.44. The number of hydrogen-bond donors (Lipinski definition) is 1. The molecule has 0 radical (unpaired) electrons. The second-order valence-corrected chi connectivity index (χ2v) is 8.65. The number of carbonyl (C=O) groups excluding carboxylic acids is 2. The highest BCUT2D eigenvalue weighted by atomic mass is 35.5. The maximum atomic E-state index is 13.2. The Kier molecular flexibility index (Phi) is 5.60. The Bertz CT molecular complexity index is 1220. The molecule has 158 valence electrons. The number of ketones is 1. The van der Waals surface area contributed by atoms with E-state index < -0.39 is 17.7 Å². The number of aryl methyl sites for hydroxylation is 2. The zero-order chi connectivity index (χ0) is 22.3. The van der Waals surface area contributed by atoms with Crippen LogP contribution in [-0.2, 0) is 9.59 Å². The summed E-state index contributed by atoms with van der Waals surface area (Å²) in [5.41, 5.74) is 2.58. The molecule has 31 heavy (non-hydrogen) atoms. The van der Waals surface area contributed by atoms with Crippen LogP contribution in [0.4, 0.5) is 5.69 Å². The topological polar surface area (TPSA) is 66.8 Å². The van der Waals surface area contributed by atoms with Gasteiger partial charge in [0.15, 0.2) is 0 Å². The van der Waals surface area contributed by atoms with Crippen molar-refractivity contribution in [2.45, 2.75) is 19.9 Å². The molecular weight excluding hydrogens is 434 g/mol. The number of thiophene rings is 1. The Hall–Kier alpha value is -3.09. The lowest BCUT2D eigenvalue weighted by Gasteiger charge is -2.25. The van der Waals surface area contributed by atoms with Gasteiger partial charge in [-0.25, -0.2) is 0 Å². The maximum Gasteiger partial charge on any atom is 0.300 e. The van der Waals surface area contributed by atoms with E-state index >= 15 is 0 Å². The van der Waals surface area contributed by atoms with Crippen molar-refractivity contribution in [3.63, 3.8) is 0 Å². The molecule has 2 heterocycles. The summed E-state index contributed by atoms with van der Waals surface area (Å²) in [4.78, 5) is 28.6. The number of methoxy groups -OCH3 is 1. The summed E-state index contributed by atoms with van der Waals surface area (Å²) in [5, 5.41) is 13.6. The lowest BCUT2D eigenvalue weighted by molar-refractivity contribution is -0.132. The van der Waals surface area contributed by atoms with Crippen molar-refractivity contribution < 1.29 is 19.4 Å². The Morgan fingerprint density at radius 3 is 2.45 bits per heavy atom. The van der Waals surface area contributed by atoms with Gasteiger partial charge in [-0.3, -0.25) is 14.5 Å². The number of aliphatic hydroxyl groups is 1. The van der Waals surface area contributed by atoms with Crippen molar-refractivity contribution in [1.29, 1.82) is 0 Å². The average molecular weight is 454 g/mol. The van der Waals surface area contributed by atoms with Gasteiger partial charge < -0.3 is 9.84 Å². The van der Waals surface area contributed by atoms with Crippen LogP contribution >= 0.6 is 22.9 Å². The second kappa shape index (κ2) is 8.21. The van der Waals surface area contributed by atoms with Gasteiger partial charge in [-0.15, -0.1) is 11.3 Å². The number of hydrogen-bond acceptors (Lipinski definition) is 5. The number of Topliss-reactive ketones (excluding diaryl/α,β-unsaturated/α-hetero) is 1. The minimum Gasteiger partial charge on any atom is -0.507 e. The van der Waals surface area contributed by atoms with Crippen molar-refractivity contribution in [3.8, 4) is 5.75 Å². The maximum absolute atomic E-state index is 13.2. The number of amides is 1. The summed E-state index contributed by atoms with van der Waals surface area (Å²) >= 11 is 7.75. The summed E-state index contributed by atoms with van der Waals surface area (Å²) in [5.74, 6) is -1.50. The minimum atomic E-state index is -0.758. The molecule has 0 bridgehead atoms. The number of rotatable bonds is 4. The highest BCUT2D eigenvalue weighted by molar-refractivity contribution is 7.10. The first-order chi connectivity index (χ1) is 14.8. The molecule has 1 aliphatic rings. The van der Waals surface area contributed by atoms with Gasteiger partial charge in [-0.1, -0.05) is 29.8 Å². The summed E-state index contributed by atoms with van der Waals surface area (Å²) in [6.07, 6.45) is 0. The number of aliphatic hydroxyl groups excluding tert-OH is 1. The smallest absolute Gasteiger partial charge is 0.300 e. The van der Waals surface area contributed by atoms with E-state index in [1.54, 1.807) is 36.4 Å². The number of nitrogens with zero attached hydrogens (tertiary/aromatic N) is 1. The van der Waals surface area contributed by atoms with E-state index in [4.69, 9.17) is 16.3 Å². The van der Waals surface area contributed by atoms with Gasteiger partial charge in [0, 0.05) is 10.6 Å². The Balaban J connectivity index is 2.01. The summed E-state index contributed by atoms with van der Waals surface area (Å²) < 4.78 is 5.40. The van der Waals surface area contributed by atoms with E-state index in [0.717, 1.165) is 16.0 Å². The molecule has 0 aliphatic carbocycles.